The van der Waals surface area contributed by atoms with Crippen LogP contribution in [-0.2, 0) is 9.53 Å². The van der Waals surface area contributed by atoms with Crippen molar-refractivity contribution in [2.75, 3.05) is 13.7 Å². The highest BCUT2D eigenvalue weighted by molar-refractivity contribution is 6.00. The molecule has 0 aromatic heterocycles. The largest absolute Gasteiger partial charge is 0.480 e. The van der Waals surface area contributed by atoms with E-state index in [1.54, 1.807) is 49.6 Å². The summed E-state index contributed by atoms with van der Waals surface area (Å²) in [7, 11) is 1.55. The van der Waals surface area contributed by atoms with Crippen LogP contribution in [0.3, 0.4) is 0 Å². The maximum absolute atomic E-state index is 13.5. The van der Waals surface area contributed by atoms with Crippen LogP contribution < -0.4 is 15.8 Å². The van der Waals surface area contributed by atoms with Gasteiger partial charge in [0.2, 0.25) is 5.91 Å². The Kier molecular flexibility index (Phi) is 8.72. The van der Waals surface area contributed by atoms with Crippen LogP contribution in [0.5, 0.6) is 5.75 Å². The van der Waals surface area contributed by atoms with Gasteiger partial charge in [-0.05, 0) is 43.0 Å². The Labute approximate surface area is 231 Å². The van der Waals surface area contributed by atoms with Crippen molar-refractivity contribution in [1.82, 2.24) is 10.2 Å². The monoisotopic (exact) mass is 560 g/mol. The molecule has 0 saturated carbocycles. The lowest BCUT2D eigenvalue weighted by Gasteiger charge is -2.40. The van der Waals surface area contributed by atoms with Crippen molar-refractivity contribution in [3.8, 4) is 5.75 Å². The number of alkyl halides is 3. The molecule has 0 fully saturated rings. The van der Waals surface area contributed by atoms with Crippen molar-refractivity contribution < 1.29 is 32.2 Å². The van der Waals surface area contributed by atoms with Gasteiger partial charge in [0.25, 0.3) is 5.91 Å². The van der Waals surface area contributed by atoms with Gasteiger partial charge in [-0.1, -0.05) is 44.2 Å². The summed E-state index contributed by atoms with van der Waals surface area (Å²) in [5.74, 6) is -0.502. The molecule has 3 N–H and O–H groups in total. The fourth-order valence-corrected chi connectivity index (χ4v) is 5.38. The Morgan fingerprint density at radius 2 is 1.95 bits per heavy atom. The molecule has 2 amide bonds. The number of aliphatic imine (C=N–C) groups is 1. The number of halogens is 3. The van der Waals surface area contributed by atoms with Crippen LogP contribution in [0.25, 0.3) is 0 Å². The second-order valence-electron chi connectivity index (χ2n) is 10.2. The highest BCUT2D eigenvalue weighted by atomic mass is 19.4. The van der Waals surface area contributed by atoms with E-state index < -0.39 is 42.2 Å². The Hall–Kier alpha value is -3.60. The molecule has 0 unspecified atom stereocenters. The molecule has 4 rings (SSSR count). The molecule has 3 atom stereocenters. The van der Waals surface area contributed by atoms with E-state index in [1.165, 1.54) is 11.0 Å². The molecule has 8 nitrogen and oxygen atoms in total. The minimum Gasteiger partial charge on any atom is -0.480 e. The highest BCUT2D eigenvalue weighted by Crippen LogP contribution is 2.40. The minimum absolute atomic E-state index is 0.0864. The number of benzene rings is 2. The van der Waals surface area contributed by atoms with Crippen molar-refractivity contribution in [2.24, 2.45) is 10.7 Å². The quantitative estimate of drug-likeness (QED) is 0.446. The molecule has 2 aliphatic rings. The smallest absolute Gasteiger partial charge is 0.425 e. The number of hydrogen-bond acceptors (Lipinski definition) is 6. The van der Waals surface area contributed by atoms with E-state index in [4.69, 9.17) is 20.2 Å². The summed E-state index contributed by atoms with van der Waals surface area (Å²) in [6.07, 6.45) is -5.11. The first-order valence-corrected chi connectivity index (χ1v) is 13.4. The number of nitrogens with two attached hydrogens (primary N) is 1. The number of fused-ring (bicyclic) bond motifs is 1. The molecule has 0 spiro atoms. The predicted octanol–water partition coefficient (Wildman–Crippen LogP) is 5.05. The third-order valence-electron chi connectivity index (χ3n) is 7.79. The number of ether oxygens (including phenoxy) is 2. The SMILES string of the molecule is CCC1(CC)CC(=O)N([C@H](CCOC)c2cccc(C(=O)N[C@H]3C[C@H](C(F)(F)F)Oc4ccccc43)c2)C(N)=N1. The molecule has 40 heavy (non-hydrogen) atoms. The van der Waals surface area contributed by atoms with Crippen molar-refractivity contribution >= 4 is 17.8 Å². The van der Waals surface area contributed by atoms with Crippen LogP contribution in [0.2, 0.25) is 0 Å². The zero-order valence-electron chi connectivity index (χ0n) is 22.8. The third kappa shape index (κ3) is 6.09. The predicted molar refractivity (Wildman–Crippen MR) is 144 cm³/mol. The van der Waals surface area contributed by atoms with E-state index in [1.807, 2.05) is 13.8 Å². The molecule has 11 heteroatoms. The van der Waals surface area contributed by atoms with Crippen molar-refractivity contribution in [3.63, 3.8) is 0 Å². The first-order valence-electron chi connectivity index (χ1n) is 13.4. The maximum atomic E-state index is 13.5. The Bertz CT molecular complexity index is 1260. The number of rotatable bonds is 9. The van der Waals surface area contributed by atoms with Crippen molar-refractivity contribution in [1.29, 1.82) is 0 Å². The molecule has 2 aromatic carbocycles. The van der Waals surface area contributed by atoms with Gasteiger partial charge in [-0.2, -0.15) is 13.2 Å². The van der Waals surface area contributed by atoms with Crippen LogP contribution in [0, 0.1) is 0 Å². The lowest BCUT2D eigenvalue weighted by atomic mass is 9.87. The third-order valence-corrected chi connectivity index (χ3v) is 7.79. The van der Waals surface area contributed by atoms with Gasteiger partial charge in [0.15, 0.2) is 12.1 Å². The van der Waals surface area contributed by atoms with Gasteiger partial charge in [0.1, 0.15) is 5.75 Å². The molecule has 0 radical (unpaired) electrons. The highest BCUT2D eigenvalue weighted by Gasteiger charge is 2.46. The van der Waals surface area contributed by atoms with Gasteiger partial charge < -0.3 is 20.5 Å². The topological polar surface area (TPSA) is 106 Å². The fourth-order valence-electron chi connectivity index (χ4n) is 5.38. The summed E-state index contributed by atoms with van der Waals surface area (Å²) in [6.45, 7) is 4.27. The number of nitrogens with zero attached hydrogens (tertiary/aromatic N) is 2. The molecule has 2 aliphatic heterocycles. The Balaban J connectivity index is 1.62. The minimum atomic E-state index is -4.58. The summed E-state index contributed by atoms with van der Waals surface area (Å²) >= 11 is 0. The zero-order valence-corrected chi connectivity index (χ0v) is 22.8. The number of nitrogens with one attached hydrogen (secondary N) is 1. The number of carbonyl (C=O) groups is 2. The zero-order chi connectivity index (χ0) is 29.1. The lowest BCUT2D eigenvalue weighted by molar-refractivity contribution is -0.201. The number of methoxy groups -OCH3 is 1. The van der Waals surface area contributed by atoms with Crippen molar-refractivity contribution in [3.05, 3.63) is 65.2 Å². The molecule has 2 aromatic rings. The van der Waals surface area contributed by atoms with Gasteiger partial charge in [-0.25, -0.2) is 4.99 Å². The molecule has 2 heterocycles. The van der Waals surface area contributed by atoms with Gasteiger partial charge in [0, 0.05) is 31.3 Å². The van der Waals surface area contributed by atoms with Gasteiger partial charge in [-0.15, -0.1) is 0 Å². The Morgan fingerprint density at radius 3 is 2.60 bits per heavy atom. The average Bonchev–Trinajstić information content (AvgIpc) is 2.93. The lowest BCUT2D eigenvalue weighted by Crippen LogP contribution is -2.52. The van der Waals surface area contributed by atoms with E-state index in [0.717, 1.165) is 0 Å². The molecule has 0 aliphatic carbocycles. The molecule has 216 valence electrons. The van der Waals surface area contributed by atoms with Crippen molar-refractivity contribution in [2.45, 2.75) is 75.9 Å². The first kappa shape index (κ1) is 29.4. The summed E-state index contributed by atoms with van der Waals surface area (Å²) in [4.78, 5) is 32.9. The normalized spacial score (nSPS) is 21.2. The number of para-hydroxylation sites is 1. The summed E-state index contributed by atoms with van der Waals surface area (Å²) in [6, 6.07) is 11.6. The van der Waals surface area contributed by atoms with E-state index >= 15 is 0 Å². The molecular formula is C29H35F3N4O4. The van der Waals surface area contributed by atoms with E-state index in [-0.39, 0.29) is 29.6 Å². The number of hydrogen-bond donors (Lipinski definition) is 2. The summed E-state index contributed by atoms with van der Waals surface area (Å²) in [5.41, 5.74) is 7.16. The van der Waals surface area contributed by atoms with Gasteiger partial charge in [0.05, 0.1) is 24.0 Å². The Morgan fingerprint density at radius 1 is 1.23 bits per heavy atom. The second-order valence-corrected chi connectivity index (χ2v) is 10.2. The molecule has 0 bridgehead atoms. The molecule has 0 saturated heterocycles. The van der Waals surface area contributed by atoms with Gasteiger partial charge >= 0.3 is 6.18 Å². The average molecular weight is 561 g/mol. The second kappa shape index (κ2) is 11.9. The summed E-state index contributed by atoms with van der Waals surface area (Å²) in [5, 5.41) is 2.75. The number of carbonyl (C=O) groups excluding carboxylic acids is 2. The van der Waals surface area contributed by atoms with Crippen LogP contribution in [0.1, 0.15) is 79.5 Å². The standard InChI is InChI=1S/C29H35F3N4O4/c1-4-28(5-2)17-25(37)36(27(33)35-28)22(13-14-39-3)18-9-8-10-19(15-18)26(38)34-21-16-24(29(30,31)32)40-23-12-7-6-11-20(21)23/h6-12,15,21-22,24H,4-5,13-14,16-17H2,1-3H3,(H2,33,35)(H,34,38)/t21-,22+,24+/m0/s1. The number of guanidine groups is 1. The first-order chi connectivity index (χ1) is 19.0. The van der Waals surface area contributed by atoms with Crippen LogP contribution in [-0.4, -0.2) is 54.2 Å². The van der Waals surface area contributed by atoms with E-state index in [0.29, 0.717) is 37.0 Å². The van der Waals surface area contributed by atoms with Crippen LogP contribution in [0.4, 0.5) is 13.2 Å². The van der Waals surface area contributed by atoms with Crippen LogP contribution in [0.15, 0.2) is 53.5 Å². The maximum Gasteiger partial charge on any atom is 0.425 e. The number of amides is 2. The van der Waals surface area contributed by atoms with E-state index in [2.05, 4.69) is 5.32 Å². The fraction of sp³-hybridized carbons (Fsp3) is 0.483. The van der Waals surface area contributed by atoms with E-state index in [9.17, 15) is 22.8 Å². The molecular weight excluding hydrogens is 525 g/mol. The summed E-state index contributed by atoms with van der Waals surface area (Å²) < 4.78 is 51.1. The van der Waals surface area contributed by atoms with Gasteiger partial charge in [-0.3, -0.25) is 14.5 Å². The van der Waals surface area contributed by atoms with Crippen LogP contribution >= 0.6 is 0 Å².